The Morgan fingerprint density at radius 2 is 2.11 bits per heavy atom. The molecule has 9 heavy (non-hydrogen) atoms. The van der Waals surface area contributed by atoms with E-state index < -0.39 is 0 Å². The van der Waals surface area contributed by atoms with Crippen LogP contribution in [0.15, 0.2) is 0 Å². The first-order valence-corrected chi connectivity index (χ1v) is 3.24. The Labute approximate surface area is 61.4 Å². The fourth-order valence-electron chi connectivity index (χ4n) is 1.46. The largest absolute Gasteiger partial charge is 0.377 e. The summed E-state index contributed by atoms with van der Waals surface area (Å²) >= 11 is 0. The van der Waals surface area contributed by atoms with Crippen LogP contribution in [0, 0.1) is 0 Å². The van der Waals surface area contributed by atoms with Crippen LogP contribution in [0.2, 0.25) is 0 Å². The van der Waals surface area contributed by atoms with E-state index in [1.807, 2.05) is 0 Å². The monoisotopic (exact) mass is 149 g/mol. The second-order valence-electron chi connectivity index (χ2n) is 2.80. The van der Waals surface area contributed by atoms with Crippen LogP contribution >= 0.6 is 12.4 Å². The third-order valence-corrected chi connectivity index (χ3v) is 2.09. The predicted octanol–water partition coefficient (Wildman–Crippen LogP) is 0.561. The minimum absolute atomic E-state index is 0. The van der Waals surface area contributed by atoms with Gasteiger partial charge in [-0.25, -0.2) is 0 Å². The topological polar surface area (TPSA) is 21.3 Å². The van der Waals surface area contributed by atoms with Crippen LogP contribution in [0.1, 0.15) is 12.8 Å². The molecule has 0 saturated carbocycles. The molecule has 2 aliphatic heterocycles. The number of rotatable bonds is 0. The maximum atomic E-state index is 5.10. The van der Waals surface area contributed by atoms with E-state index in [0.717, 1.165) is 13.2 Å². The molecule has 2 aliphatic rings. The Balaban J connectivity index is 0.000000405. The number of nitrogens with one attached hydrogen (secondary N) is 1. The van der Waals surface area contributed by atoms with E-state index in [2.05, 4.69) is 5.32 Å². The highest BCUT2D eigenvalue weighted by Crippen LogP contribution is 2.26. The Morgan fingerprint density at radius 3 is 2.33 bits per heavy atom. The minimum atomic E-state index is 0. The summed E-state index contributed by atoms with van der Waals surface area (Å²) in [6.07, 6.45) is 2.66. The molecule has 0 atom stereocenters. The van der Waals surface area contributed by atoms with E-state index in [-0.39, 0.29) is 12.4 Å². The first kappa shape index (κ1) is 7.32. The van der Waals surface area contributed by atoms with Crippen LogP contribution in [0.5, 0.6) is 0 Å². The summed E-state index contributed by atoms with van der Waals surface area (Å²) < 4.78 is 5.10. The minimum Gasteiger partial charge on any atom is -0.377 e. The molecule has 0 aromatic carbocycles. The normalized spacial score (nSPS) is 29.3. The van der Waals surface area contributed by atoms with E-state index in [1.54, 1.807) is 0 Å². The van der Waals surface area contributed by atoms with Crippen molar-refractivity contribution in [2.75, 3.05) is 19.8 Å². The van der Waals surface area contributed by atoms with Crippen molar-refractivity contribution in [1.29, 1.82) is 0 Å². The molecule has 1 N–H and O–H groups in total. The van der Waals surface area contributed by atoms with Gasteiger partial charge in [0, 0.05) is 0 Å². The van der Waals surface area contributed by atoms with Gasteiger partial charge in [0.15, 0.2) is 0 Å². The smallest absolute Gasteiger partial charge is 0.0671 e. The zero-order valence-corrected chi connectivity index (χ0v) is 6.17. The molecule has 1 spiro atoms. The van der Waals surface area contributed by atoms with Crippen molar-refractivity contribution in [2.45, 2.75) is 18.4 Å². The Morgan fingerprint density at radius 1 is 1.33 bits per heavy atom. The van der Waals surface area contributed by atoms with Gasteiger partial charge in [-0.3, -0.25) is 0 Å². The first-order chi connectivity index (χ1) is 3.91. The van der Waals surface area contributed by atoms with Crippen LogP contribution in [0.3, 0.4) is 0 Å². The van der Waals surface area contributed by atoms with Gasteiger partial charge in [0.2, 0.25) is 0 Å². The van der Waals surface area contributed by atoms with Gasteiger partial charge in [-0.05, 0) is 19.4 Å². The van der Waals surface area contributed by atoms with Crippen molar-refractivity contribution in [3.05, 3.63) is 0 Å². The highest BCUT2D eigenvalue weighted by Gasteiger charge is 2.40. The van der Waals surface area contributed by atoms with E-state index >= 15 is 0 Å². The average molecular weight is 150 g/mol. The second-order valence-corrected chi connectivity index (χ2v) is 2.80. The van der Waals surface area contributed by atoms with Gasteiger partial charge >= 0.3 is 0 Å². The molecule has 0 unspecified atom stereocenters. The standard InChI is InChI=1S/C6H11NO.ClH/c1-2-6(7-3-1)4-8-5-6;/h7H,1-5H2;1H. The lowest BCUT2D eigenvalue weighted by molar-refractivity contribution is -0.0642. The van der Waals surface area contributed by atoms with Gasteiger partial charge in [-0.1, -0.05) is 0 Å². The molecule has 2 rings (SSSR count). The van der Waals surface area contributed by atoms with Crippen LogP contribution in [-0.2, 0) is 4.74 Å². The van der Waals surface area contributed by atoms with Crippen molar-refractivity contribution < 1.29 is 4.74 Å². The molecule has 2 saturated heterocycles. The predicted molar refractivity (Wildman–Crippen MR) is 38.0 cm³/mol. The van der Waals surface area contributed by atoms with E-state index in [1.165, 1.54) is 19.4 Å². The van der Waals surface area contributed by atoms with Gasteiger partial charge in [0.25, 0.3) is 0 Å². The van der Waals surface area contributed by atoms with Gasteiger partial charge < -0.3 is 10.1 Å². The fraction of sp³-hybridized carbons (Fsp3) is 1.00. The van der Waals surface area contributed by atoms with Gasteiger partial charge in [-0.2, -0.15) is 0 Å². The lowest BCUT2D eigenvalue weighted by Gasteiger charge is -2.37. The molecule has 0 amide bonds. The lowest BCUT2D eigenvalue weighted by atomic mass is 9.96. The van der Waals surface area contributed by atoms with Crippen molar-refractivity contribution in [3.63, 3.8) is 0 Å². The summed E-state index contributed by atoms with van der Waals surface area (Å²) in [7, 11) is 0. The molecule has 0 aromatic rings. The van der Waals surface area contributed by atoms with Gasteiger partial charge in [0.05, 0.1) is 18.8 Å². The van der Waals surface area contributed by atoms with Crippen LogP contribution < -0.4 is 5.32 Å². The first-order valence-electron chi connectivity index (χ1n) is 3.24. The van der Waals surface area contributed by atoms with Crippen molar-refractivity contribution in [3.8, 4) is 0 Å². The van der Waals surface area contributed by atoms with E-state index in [0.29, 0.717) is 5.54 Å². The number of halogens is 1. The molecule has 54 valence electrons. The van der Waals surface area contributed by atoms with Crippen molar-refractivity contribution >= 4 is 12.4 Å². The average Bonchev–Trinajstić information content (AvgIpc) is 2.07. The number of ether oxygens (including phenoxy) is 1. The second kappa shape index (κ2) is 2.45. The molecule has 2 heterocycles. The SMILES string of the molecule is C1CNC2(C1)COC2.Cl. The van der Waals surface area contributed by atoms with E-state index in [9.17, 15) is 0 Å². The summed E-state index contributed by atoms with van der Waals surface area (Å²) in [6, 6.07) is 0. The third kappa shape index (κ3) is 1.07. The summed E-state index contributed by atoms with van der Waals surface area (Å²) in [4.78, 5) is 0. The Hall–Kier alpha value is 0.210. The Kier molecular flexibility index (Phi) is 1.99. The maximum absolute atomic E-state index is 5.10. The molecule has 0 bridgehead atoms. The summed E-state index contributed by atoms with van der Waals surface area (Å²) in [5.41, 5.74) is 0.444. The quantitative estimate of drug-likeness (QED) is 0.544. The molecular weight excluding hydrogens is 138 g/mol. The number of hydrogen-bond donors (Lipinski definition) is 1. The summed E-state index contributed by atoms with van der Waals surface area (Å²) in [5, 5.41) is 3.44. The molecule has 2 fully saturated rings. The Bertz CT molecular complexity index is 95.2. The van der Waals surface area contributed by atoms with Crippen LogP contribution in [-0.4, -0.2) is 25.3 Å². The third-order valence-electron chi connectivity index (χ3n) is 2.09. The van der Waals surface area contributed by atoms with E-state index in [4.69, 9.17) is 4.74 Å². The van der Waals surface area contributed by atoms with Gasteiger partial charge in [0.1, 0.15) is 0 Å². The molecule has 2 nitrogen and oxygen atoms in total. The highest BCUT2D eigenvalue weighted by atomic mass is 35.5. The number of hydrogen-bond acceptors (Lipinski definition) is 2. The maximum Gasteiger partial charge on any atom is 0.0671 e. The highest BCUT2D eigenvalue weighted by molar-refractivity contribution is 5.85. The van der Waals surface area contributed by atoms with Crippen LogP contribution in [0.4, 0.5) is 0 Å². The zero-order chi connectivity index (χ0) is 5.45. The van der Waals surface area contributed by atoms with Crippen LogP contribution in [0.25, 0.3) is 0 Å². The summed E-state index contributed by atoms with van der Waals surface area (Å²) in [5.74, 6) is 0. The molecule has 3 heteroatoms. The van der Waals surface area contributed by atoms with Gasteiger partial charge in [-0.15, -0.1) is 12.4 Å². The molecule has 0 aromatic heterocycles. The molecule has 0 radical (unpaired) electrons. The zero-order valence-electron chi connectivity index (χ0n) is 5.35. The fourth-order valence-corrected chi connectivity index (χ4v) is 1.46. The summed E-state index contributed by atoms with van der Waals surface area (Å²) in [6.45, 7) is 3.10. The van der Waals surface area contributed by atoms with Crippen molar-refractivity contribution in [1.82, 2.24) is 5.32 Å². The van der Waals surface area contributed by atoms with Crippen molar-refractivity contribution in [2.24, 2.45) is 0 Å². The molecule has 0 aliphatic carbocycles. The molecular formula is C6H12ClNO. The lowest BCUT2D eigenvalue weighted by Crippen LogP contribution is -2.56.